The smallest absolute Gasteiger partial charge is 0.344 e. The molecule has 0 bridgehead atoms. The second-order valence-corrected chi connectivity index (χ2v) is 14.4. The fourth-order valence-electron chi connectivity index (χ4n) is 3.87. The van der Waals surface area contributed by atoms with Gasteiger partial charge in [0.2, 0.25) is 0 Å². The van der Waals surface area contributed by atoms with E-state index in [1.807, 2.05) is 32.9 Å². The molecular formula is C28H43NO8P2. The van der Waals surface area contributed by atoms with E-state index in [-0.39, 0.29) is 5.56 Å². The minimum Gasteiger partial charge on any atom is -0.478 e. The van der Waals surface area contributed by atoms with E-state index in [9.17, 15) is 38.6 Å². The van der Waals surface area contributed by atoms with Crippen LogP contribution in [0.25, 0.3) is 0 Å². The van der Waals surface area contributed by atoms with Gasteiger partial charge in [-0.3, -0.25) is 9.13 Å². The zero-order valence-electron chi connectivity index (χ0n) is 23.4. The first-order chi connectivity index (χ1) is 18.0. The molecule has 0 saturated heterocycles. The fraction of sp³-hybridized carbons (Fsp3) is 0.464. The summed E-state index contributed by atoms with van der Waals surface area (Å²) < 4.78 is 24.9. The van der Waals surface area contributed by atoms with Crippen molar-refractivity contribution in [2.24, 2.45) is 0 Å². The lowest BCUT2D eigenvalue weighted by Gasteiger charge is -2.33. The molecule has 0 aliphatic carbocycles. The van der Waals surface area contributed by atoms with Crippen molar-refractivity contribution in [2.75, 3.05) is 11.9 Å². The molecule has 0 saturated carbocycles. The Labute approximate surface area is 231 Å². The van der Waals surface area contributed by atoms with E-state index in [0.29, 0.717) is 31.5 Å². The van der Waals surface area contributed by atoms with Crippen LogP contribution in [0.4, 0.5) is 5.69 Å². The first-order valence-corrected chi connectivity index (χ1v) is 16.0. The first kappa shape index (κ1) is 34.8. The van der Waals surface area contributed by atoms with Gasteiger partial charge in [0.25, 0.3) is 0 Å². The van der Waals surface area contributed by atoms with Crippen molar-refractivity contribution in [1.82, 2.24) is 0 Å². The van der Waals surface area contributed by atoms with Gasteiger partial charge >= 0.3 is 21.2 Å². The standard InChI is InChI=1S/C28H43NO8P2/c1-21(2)10-8-11-22(3)16-18-28(38(32,33)34,39(35,36)37)19-17-23(4)12-9-13-24(5)20-29-26-15-7-6-14-25(26)27(30)31/h6-7,10,13-17,29H,8-9,11-12,18-20H2,1-5H3,(H,30,31)(H2,32,33,34)(H2,35,36,37)/b22-16+,23-17+,24-13+. The van der Waals surface area contributed by atoms with E-state index in [2.05, 4.69) is 5.32 Å². The number of carboxylic acids is 1. The molecule has 218 valence electrons. The topological polar surface area (TPSA) is 164 Å². The van der Waals surface area contributed by atoms with Crippen molar-refractivity contribution < 1.29 is 38.6 Å². The van der Waals surface area contributed by atoms with Crippen molar-refractivity contribution in [3.8, 4) is 0 Å². The molecule has 0 aliphatic heterocycles. The molecule has 0 aromatic heterocycles. The lowest BCUT2D eigenvalue weighted by atomic mass is 10.0. The third-order valence-corrected chi connectivity index (χ3v) is 10.9. The average Bonchev–Trinajstić information content (AvgIpc) is 2.81. The zero-order valence-corrected chi connectivity index (χ0v) is 25.2. The Bertz CT molecular complexity index is 1180. The van der Waals surface area contributed by atoms with Crippen molar-refractivity contribution in [1.29, 1.82) is 0 Å². The fourth-order valence-corrected chi connectivity index (χ4v) is 6.55. The van der Waals surface area contributed by atoms with Crippen LogP contribution in [0.3, 0.4) is 0 Å². The Morgan fingerprint density at radius 2 is 1.28 bits per heavy atom. The molecule has 1 aromatic carbocycles. The Morgan fingerprint density at radius 3 is 1.74 bits per heavy atom. The molecule has 1 aromatic rings. The van der Waals surface area contributed by atoms with E-state index < -0.39 is 38.9 Å². The molecule has 0 radical (unpaired) electrons. The molecule has 0 amide bonds. The van der Waals surface area contributed by atoms with Gasteiger partial charge in [0.05, 0.1) is 5.56 Å². The van der Waals surface area contributed by atoms with Gasteiger partial charge in [-0.1, -0.05) is 58.7 Å². The van der Waals surface area contributed by atoms with E-state index >= 15 is 0 Å². The molecular weight excluding hydrogens is 540 g/mol. The number of hydrogen-bond donors (Lipinski definition) is 6. The molecule has 0 fully saturated rings. The highest BCUT2D eigenvalue weighted by atomic mass is 31.2. The molecule has 1 rings (SSSR count). The normalized spacial score (nSPS) is 13.8. The summed E-state index contributed by atoms with van der Waals surface area (Å²) >= 11 is 0. The third-order valence-electron chi connectivity index (χ3n) is 6.48. The number of rotatable bonds is 16. The minimum atomic E-state index is -5.20. The highest BCUT2D eigenvalue weighted by Gasteiger charge is 2.58. The number of aromatic carboxylic acids is 1. The number of benzene rings is 1. The molecule has 6 N–H and O–H groups in total. The van der Waals surface area contributed by atoms with E-state index in [1.165, 1.54) is 18.2 Å². The summed E-state index contributed by atoms with van der Waals surface area (Å²) in [5.41, 5.74) is 4.37. The number of para-hydroxylation sites is 1. The molecule has 0 unspecified atom stereocenters. The zero-order chi connectivity index (χ0) is 29.9. The molecule has 11 heteroatoms. The number of carbonyl (C=O) groups is 1. The van der Waals surface area contributed by atoms with Crippen LogP contribution in [0.5, 0.6) is 0 Å². The highest BCUT2D eigenvalue weighted by Crippen LogP contribution is 2.72. The van der Waals surface area contributed by atoms with Gasteiger partial charge < -0.3 is 30.0 Å². The van der Waals surface area contributed by atoms with E-state index in [0.717, 1.165) is 28.7 Å². The summed E-state index contributed by atoms with van der Waals surface area (Å²) in [6, 6.07) is 6.62. The summed E-state index contributed by atoms with van der Waals surface area (Å²) in [5, 5.41) is 12.4. The molecule has 0 heterocycles. The maximum atomic E-state index is 12.5. The van der Waals surface area contributed by atoms with Gasteiger partial charge in [-0.2, -0.15) is 0 Å². The second-order valence-electron chi connectivity index (χ2n) is 10.2. The number of hydrogen-bond acceptors (Lipinski definition) is 4. The van der Waals surface area contributed by atoms with Crippen molar-refractivity contribution >= 4 is 26.8 Å². The van der Waals surface area contributed by atoms with E-state index in [1.54, 1.807) is 32.0 Å². The van der Waals surface area contributed by atoms with Gasteiger partial charge in [-0.15, -0.1) is 0 Å². The maximum Gasteiger partial charge on any atom is 0.344 e. The Morgan fingerprint density at radius 1 is 0.795 bits per heavy atom. The predicted molar refractivity (Wildman–Crippen MR) is 157 cm³/mol. The molecule has 39 heavy (non-hydrogen) atoms. The van der Waals surface area contributed by atoms with Crippen LogP contribution in [-0.2, 0) is 9.13 Å². The molecule has 0 atom stereocenters. The summed E-state index contributed by atoms with van der Waals surface area (Å²) in [4.78, 5) is 49.2. The van der Waals surface area contributed by atoms with Crippen LogP contribution < -0.4 is 5.32 Å². The quantitative estimate of drug-likeness (QED) is 0.0888. The Balaban J connectivity index is 2.93. The Hall–Kier alpha value is -2.25. The SMILES string of the molecule is CC(C)=CCC/C(C)=C/CC(C/C=C(\C)CC/C=C(\C)CNc1ccccc1C(=O)O)(P(=O)(O)O)P(=O)(O)O. The van der Waals surface area contributed by atoms with Gasteiger partial charge in [-0.25, -0.2) is 4.79 Å². The van der Waals surface area contributed by atoms with Crippen molar-refractivity contribution in [3.05, 3.63) is 76.4 Å². The summed E-state index contributed by atoms with van der Waals surface area (Å²) in [5.74, 6) is -1.02. The number of anilines is 1. The van der Waals surface area contributed by atoms with Crippen LogP contribution >= 0.6 is 15.2 Å². The van der Waals surface area contributed by atoms with E-state index in [4.69, 9.17) is 0 Å². The number of allylic oxidation sites excluding steroid dienone is 7. The largest absolute Gasteiger partial charge is 0.478 e. The highest BCUT2D eigenvalue weighted by molar-refractivity contribution is 7.72. The summed E-state index contributed by atoms with van der Waals surface area (Å²) in [6.07, 6.45) is 8.62. The molecule has 0 aliphatic rings. The first-order valence-electron chi connectivity index (χ1n) is 12.8. The molecule has 9 nitrogen and oxygen atoms in total. The van der Waals surface area contributed by atoms with Crippen LogP contribution in [-0.4, -0.2) is 42.1 Å². The average molecular weight is 584 g/mol. The van der Waals surface area contributed by atoms with Gasteiger partial charge in [-0.05, 0) is 85.3 Å². The van der Waals surface area contributed by atoms with Crippen LogP contribution in [0.15, 0.2) is 70.9 Å². The van der Waals surface area contributed by atoms with Crippen LogP contribution in [0.2, 0.25) is 0 Å². The van der Waals surface area contributed by atoms with Gasteiger partial charge in [0.1, 0.15) is 0 Å². The van der Waals surface area contributed by atoms with Crippen molar-refractivity contribution in [3.63, 3.8) is 0 Å². The monoisotopic (exact) mass is 583 g/mol. The number of nitrogens with one attached hydrogen (secondary N) is 1. The number of carboxylic acid groups (broad SMARTS) is 1. The summed E-state index contributed by atoms with van der Waals surface area (Å²) in [7, 11) is -10.4. The minimum absolute atomic E-state index is 0.181. The van der Waals surface area contributed by atoms with Crippen LogP contribution in [0, 0.1) is 0 Å². The Kier molecular flexibility index (Phi) is 13.8. The van der Waals surface area contributed by atoms with Gasteiger partial charge in [0, 0.05) is 12.2 Å². The van der Waals surface area contributed by atoms with Gasteiger partial charge in [0.15, 0.2) is 4.90 Å². The van der Waals surface area contributed by atoms with Crippen LogP contribution in [0.1, 0.15) is 83.5 Å². The lowest BCUT2D eigenvalue weighted by Crippen LogP contribution is -2.28. The maximum absolute atomic E-state index is 12.5. The van der Waals surface area contributed by atoms with Crippen molar-refractivity contribution in [2.45, 2.75) is 78.0 Å². The predicted octanol–water partition coefficient (Wildman–Crippen LogP) is 6.99. The third kappa shape index (κ3) is 11.4. The second kappa shape index (κ2) is 15.5. The summed E-state index contributed by atoms with van der Waals surface area (Å²) in [6.45, 7) is 9.81. The lowest BCUT2D eigenvalue weighted by molar-refractivity contribution is 0.0697. The molecule has 0 spiro atoms.